The van der Waals surface area contributed by atoms with Crippen molar-refractivity contribution in [2.24, 2.45) is 0 Å². The molecule has 0 aliphatic rings. The number of hydrogen-bond acceptors (Lipinski definition) is 5. The summed E-state index contributed by atoms with van der Waals surface area (Å²) in [6.45, 7) is 4.80. The predicted molar refractivity (Wildman–Crippen MR) is 79.4 cm³/mol. The van der Waals surface area contributed by atoms with Crippen LogP contribution in [-0.2, 0) is 14.3 Å². The van der Waals surface area contributed by atoms with Gasteiger partial charge in [0.2, 0.25) is 0 Å². The Hall–Kier alpha value is -2.57. The van der Waals surface area contributed by atoms with Gasteiger partial charge in [-0.05, 0) is 38.5 Å². The molecule has 0 unspecified atom stereocenters. The SMILES string of the molecule is CNC(=O)NC(=O)[C@@H](C)OC(=O)[C@@H](C)Oc1cccc(C)c1. The van der Waals surface area contributed by atoms with Crippen LogP contribution in [0.1, 0.15) is 19.4 Å². The highest BCUT2D eigenvalue weighted by atomic mass is 16.6. The zero-order valence-corrected chi connectivity index (χ0v) is 13.0. The number of ether oxygens (including phenoxy) is 2. The van der Waals surface area contributed by atoms with Gasteiger partial charge in [-0.15, -0.1) is 0 Å². The number of nitrogens with one attached hydrogen (secondary N) is 2. The molecule has 22 heavy (non-hydrogen) atoms. The quantitative estimate of drug-likeness (QED) is 0.796. The number of amides is 3. The molecule has 120 valence electrons. The summed E-state index contributed by atoms with van der Waals surface area (Å²) in [4.78, 5) is 34.5. The normalized spacial score (nSPS) is 12.7. The molecule has 1 aromatic rings. The number of aryl methyl sites for hydroxylation is 1. The summed E-state index contributed by atoms with van der Waals surface area (Å²) in [6.07, 6.45) is -1.98. The monoisotopic (exact) mass is 308 g/mol. The Kier molecular flexibility index (Phi) is 6.37. The van der Waals surface area contributed by atoms with Crippen molar-refractivity contribution in [2.45, 2.75) is 33.0 Å². The van der Waals surface area contributed by atoms with Crippen LogP contribution in [0.4, 0.5) is 4.79 Å². The number of carbonyl (C=O) groups is 3. The lowest BCUT2D eigenvalue weighted by Crippen LogP contribution is -2.44. The average Bonchev–Trinajstić information content (AvgIpc) is 2.46. The van der Waals surface area contributed by atoms with E-state index in [1.165, 1.54) is 20.9 Å². The first kappa shape index (κ1) is 17.5. The van der Waals surface area contributed by atoms with Crippen molar-refractivity contribution in [2.75, 3.05) is 7.05 Å². The van der Waals surface area contributed by atoms with Crippen LogP contribution in [-0.4, -0.2) is 37.2 Å². The number of hydrogen-bond donors (Lipinski definition) is 2. The van der Waals surface area contributed by atoms with Crippen molar-refractivity contribution in [3.05, 3.63) is 29.8 Å². The molecule has 3 amide bonds. The first-order chi connectivity index (χ1) is 10.3. The van der Waals surface area contributed by atoms with E-state index in [1.807, 2.05) is 24.4 Å². The summed E-state index contributed by atoms with van der Waals surface area (Å²) < 4.78 is 10.4. The van der Waals surface area contributed by atoms with Crippen molar-refractivity contribution >= 4 is 17.9 Å². The Morgan fingerprint density at radius 3 is 2.41 bits per heavy atom. The van der Waals surface area contributed by atoms with Gasteiger partial charge < -0.3 is 14.8 Å². The molecule has 0 aliphatic heterocycles. The number of esters is 1. The minimum atomic E-state index is -1.10. The number of urea groups is 1. The van der Waals surface area contributed by atoms with E-state index >= 15 is 0 Å². The van der Waals surface area contributed by atoms with Crippen molar-refractivity contribution in [3.8, 4) is 5.75 Å². The maximum absolute atomic E-state index is 11.9. The fourth-order valence-electron chi connectivity index (χ4n) is 1.54. The van der Waals surface area contributed by atoms with Gasteiger partial charge in [0.1, 0.15) is 5.75 Å². The summed E-state index contributed by atoms with van der Waals surface area (Å²) in [6, 6.07) is 6.55. The zero-order valence-electron chi connectivity index (χ0n) is 13.0. The fraction of sp³-hybridized carbons (Fsp3) is 0.400. The summed E-state index contributed by atoms with van der Waals surface area (Å²) in [5.74, 6) is -0.872. The lowest BCUT2D eigenvalue weighted by Gasteiger charge is -2.17. The van der Waals surface area contributed by atoms with E-state index in [-0.39, 0.29) is 0 Å². The van der Waals surface area contributed by atoms with E-state index in [0.29, 0.717) is 5.75 Å². The lowest BCUT2D eigenvalue weighted by atomic mass is 10.2. The van der Waals surface area contributed by atoms with Gasteiger partial charge in [-0.3, -0.25) is 10.1 Å². The first-order valence-corrected chi connectivity index (χ1v) is 6.80. The van der Waals surface area contributed by atoms with Gasteiger partial charge in [-0.1, -0.05) is 12.1 Å². The molecule has 1 rings (SSSR count). The van der Waals surface area contributed by atoms with Gasteiger partial charge >= 0.3 is 12.0 Å². The van der Waals surface area contributed by atoms with Crippen molar-refractivity contribution in [1.82, 2.24) is 10.6 Å². The standard InChI is InChI=1S/C15H20N2O5/c1-9-6-5-7-12(8-9)21-11(3)14(19)22-10(2)13(18)17-15(20)16-4/h5-8,10-11H,1-4H3,(H2,16,17,18,20)/t10-,11-/m1/s1. The fourth-order valence-corrected chi connectivity index (χ4v) is 1.54. The predicted octanol–water partition coefficient (Wildman–Crippen LogP) is 1.15. The maximum Gasteiger partial charge on any atom is 0.347 e. The smallest absolute Gasteiger partial charge is 0.347 e. The van der Waals surface area contributed by atoms with Crippen molar-refractivity contribution in [3.63, 3.8) is 0 Å². The van der Waals surface area contributed by atoms with Crippen LogP contribution in [0.15, 0.2) is 24.3 Å². The van der Waals surface area contributed by atoms with Crippen molar-refractivity contribution in [1.29, 1.82) is 0 Å². The molecule has 0 saturated heterocycles. The highest BCUT2D eigenvalue weighted by Gasteiger charge is 2.24. The molecule has 0 heterocycles. The van der Waals surface area contributed by atoms with Gasteiger partial charge in [0.05, 0.1) is 0 Å². The average molecular weight is 308 g/mol. The summed E-state index contributed by atoms with van der Waals surface area (Å²) >= 11 is 0. The molecule has 7 nitrogen and oxygen atoms in total. The molecule has 0 fully saturated rings. The van der Waals surface area contributed by atoms with E-state index < -0.39 is 30.1 Å². The number of imide groups is 1. The van der Waals surface area contributed by atoms with E-state index in [2.05, 4.69) is 5.32 Å². The van der Waals surface area contributed by atoms with E-state index in [9.17, 15) is 14.4 Å². The largest absolute Gasteiger partial charge is 0.479 e. The molecule has 2 N–H and O–H groups in total. The van der Waals surface area contributed by atoms with Gasteiger partial charge in [0, 0.05) is 7.05 Å². The van der Waals surface area contributed by atoms with Crippen LogP contribution in [0.2, 0.25) is 0 Å². The van der Waals surface area contributed by atoms with Crippen molar-refractivity contribution < 1.29 is 23.9 Å². The van der Waals surface area contributed by atoms with E-state index in [4.69, 9.17) is 9.47 Å². The molecule has 0 radical (unpaired) electrons. The second-order valence-electron chi connectivity index (χ2n) is 4.72. The number of benzene rings is 1. The van der Waals surface area contributed by atoms with Gasteiger partial charge in [0.25, 0.3) is 5.91 Å². The van der Waals surface area contributed by atoms with Crippen LogP contribution < -0.4 is 15.4 Å². The van der Waals surface area contributed by atoms with E-state index in [1.54, 1.807) is 12.1 Å². The topological polar surface area (TPSA) is 93.7 Å². The third-order valence-corrected chi connectivity index (χ3v) is 2.76. The lowest BCUT2D eigenvalue weighted by molar-refractivity contribution is -0.160. The van der Waals surface area contributed by atoms with Gasteiger partial charge in [-0.2, -0.15) is 0 Å². The Morgan fingerprint density at radius 2 is 1.82 bits per heavy atom. The van der Waals surface area contributed by atoms with Crippen LogP contribution in [0.5, 0.6) is 5.75 Å². The summed E-state index contributed by atoms with van der Waals surface area (Å²) in [5, 5.41) is 4.25. The van der Waals surface area contributed by atoms with Crippen LogP contribution in [0.3, 0.4) is 0 Å². The maximum atomic E-state index is 11.9. The Balaban J connectivity index is 2.53. The highest BCUT2D eigenvalue weighted by molar-refractivity contribution is 5.97. The van der Waals surface area contributed by atoms with E-state index in [0.717, 1.165) is 5.56 Å². The number of carbonyl (C=O) groups excluding carboxylic acids is 3. The Morgan fingerprint density at radius 1 is 1.14 bits per heavy atom. The van der Waals surface area contributed by atoms with Gasteiger partial charge in [0.15, 0.2) is 12.2 Å². The van der Waals surface area contributed by atoms with Gasteiger partial charge in [-0.25, -0.2) is 9.59 Å². The highest BCUT2D eigenvalue weighted by Crippen LogP contribution is 2.14. The molecule has 7 heteroatoms. The van der Waals surface area contributed by atoms with Crippen LogP contribution in [0.25, 0.3) is 0 Å². The Bertz CT molecular complexity index is 559. The molecule has 2 atom stereocenters. The molecule has 1 aromatic carbocycles. The second kappa shape index (κ2) is 8.02. The number of rotatable bonds is 5. The second-order valence-corrected chi connectivity index (χ2v) is 4.72. The molecule has 0 aliphatic carbocycles. The first-order valence-electron chi connectivity index (χ1n) is 6.80. The zero-order chi connectivity index (χ0) is 16.7. The molecule has 0 aromatic heterocycles. The Labute approximate surface area is 129 Å². The molecule has 0 spiro atoms. The third-order valence-electron chi connectivity index (χ3n) is 2.76. The van der Waals surface area contributed by atoms with Crippen LogP contribution in [0, 0.1) is 6.92 Å². The minimum Gasteiger partial charge on any atom is -0.479 e. The minimum absolute atomic E-state index is 0.534. The molecule has 0 bridgehead atoms. The molecule has 0 saturated carbocycles. The summed E-state index contributed by atoms with van der Waals surface area (Å²) in [7, 11) is 1.37. The molecular formula is C15H20N2O5. The third kappa shape index (κ3) is 5.43. The van der Waals surface area contributed by atoms with Crippen LogP contribution >= 0.6 is 0 Å². The molecular weight excluding hydrogens is 288 g/mol. The summed E-state index contributed by atoms with van der Waals surface area (Å²) in [5.41, 5.74) is 0.997.